The monoisotopic (exact) mass is 338 g/mol. The summed E-state index contributed by atoms with van der Waals surface area (Å²) in [7, 11) is 0. The van der Waals surface area contributed by atoms with Crippen molar-refractivity contribution in [2.24, 2.45) is 0 Å². The number of pyridine rings is 1. The first-order valence-corrected chi connectivity index (χ1v) is 7.18. The Bertz CT molecular complexity index is 525. The van der Waals surface area contributed by atoms with Gasteiger partial charge in [-0.25, -0.2) is 4.98 Å². The van der Waals surface area contributed by atoms with Crippen LogP contribution in [-0.2, 0) is 4.79 Å². The molecule has 0 aliphatic rings. The Morgan fingerprint density at radius 1 is 1.36 bits per heavy atom. The van der Waals surface area contributed by atoms with Crippen LogP contribution in [0.2, 0.25) is 0 Å². The van der Waals surface area contributed by atoms with E-state index in [0.29, 0.717) is 5.75 Å². The number of amides is 1. The van der Waals surface area contributed by atoms with Crippen LogP contribution >= 0.6 is 11.8 Å². The summed E-state index contributed by atoms with van der Waals surface area (Å²) in [4.78, 5) is 25.7. The number of hydrogen-bond acceptors (Lipinski definition) is 5. The largest absolute Gasteiger partial charge is 0.481 e. The molecule has 10 heteroatoms. The molecule has 0 aliphatic heterocycles. The SMILES string of the molecule is O=C(O)CSCCNC(=O)c1cccc(OCC(F)(F)F)n1. The number of carbonyl (C=O) groups is 2. The molecule has 1 heterocycles. The van der Waals surface area contributed by atoms with Gasteiger partial charge in [0, 0.05) is 18.4 Å². The summed E-state index contributed by atoms with van der Waals surface area (Å²) in [6, 6.07) is 3.90. The predicted octanol–water partition coefficient (Wildman–Crippen LogP) is 1.57. The molecule has 1 amide bonds. The Kier molecular flexibility index (Phi) is 6.96. The topological polar surface area (TPSA) is 88.5 Å². The second-order valence-electron chi connectivity index (χ2n) is 3.97. The van der Waals surface area contributed by atoms with Gasteiger partial charge < -0.3 is 15.2 Å². The number of carbonyl (C=O) groups excluding carboxylic acids is 1. The van der Waals surface area contributed by atoms with Gasteiger partial charge in [0.2, 0.25) is 5.88 Å². The second kappa shape index (κ2) is 8.47. The number of carboxylic acid groups (broad SMARTS) is 1. The highest BCUT2D eigenvalue weighted by atomic mass is 32.2. The van der Waals surface area contributed by atoms with Crippen molar-refractivity contribution in [1.29, 1.82) is 0 Å². The summed E-state index contributed by atoms with van der Waals surface area (Å²) >= 11 is 1.13. The summed E-state index contributed by atoms with van der Waals surface area (Å²) < 4.78 is 40.5. The van der Waals surface area contributed by atoms with Crippen LogP contribution in [0.5, 0.6) is 5.88 Å². The number of aromatic nitrogens is 1. The van der Waals surface area contributed by atoms with E-state index in [9.17, 15) is 22.8 Å². The van der Waals surface area contributed by atoms with Crippen molar-refractivity contribution in [2.75, 3.05) is 24.7 Å². The first-order valence-electron chi connectivity index (χ1n) is 6.02. The number of ether oxygens (including phenoxy) is 1. The molecule has 0 aromatic carbocycles. The molecule has 6 nitrogen and oxygen atoms in total. The van der Waals surface area contributed by atoms with Gasteiger partial charge in [-0.15, -0.1) is 11.8 Å². The third-order valence-corrected chi connectivity index (χ3v) is 3.04. The number of carboxylic acids is 1. The molecule has 0 fully saturated rings. The van der Waals surface area contributed by atoms with Crippen molar-refractivity contribution in [3.05, 3.63) is 23.9 Å². The van der Waals surface area contributed by atoms with E-state index in [1.807, 2.05) is 0 Å². The maximum absolute atomic E-state index is 12.0. The lowest BCUT2D eigenvalue weighted by Gasteiger charge is -2.09. The van der Waals surface area contributed by atoms with E-state index in [2.05, 4.69) is 15.0 Å². The smallest absolute Gasteiger partial charge is 0.422 e. The zero-order chi connectivity index (χ0) is 16.6. The number of nitrogens with zero attached hydrogens (tertiary/aromatic N) is 1. The van der Waals surface area contributed by atoms with Crippen molar-refractivity contribution >= 4 is 23.6 Å². The van der Waals surface area contributed by atoms with Gasteiger partial charge in [-0.2, -0.15) is 13.2 Å². The number of rotatable bonds is 8. The highest BCUT2D eigenvalue weighted by Gasteiger charge is 2.28. The number of thioether (sulfide) groups is 1. The van der Waals surface area contributed by atoms with E-state index < -0.39 is 24.7 Å². The summed E-state index contributed by atoms with van der Waals surface area (Å²) in [5.41, 5.74) is -0.0806. The minimum Gasteiger partial charge on any atom is -0.481 e. The lowest BCUT2D eigenvalue weighted by molar-refractivity contribution is -0.154. The van der Waals surface area contributed by atoms with Crippen LogP contribution in [0.15, 0.2) is 18.2 Å². The van der Waals surface area contributed by atoms with Crippen molar-refractivity contribution < 1.29 is 32.6 Å². The summed E-state index contributed by atoms with van der Waals surface area (Å²) in [6.07, 6.45) is -4.48. The molecular formula is C12H13F3N2O4S. The summed E-state index contributed by atoms with van der Waals surface area (Å²) in [6.45, 7) is -1.27. The molecule has 0 bridgehead atoms. The first-order chi connectivity index (χ1) is 10.3. The molecule has 122 valence electrons. The Balaban J connectivity index is 2.43. The van der Waals surface area contributed by atoms with E-state index in [-0.39, 0.29) is 23.9 Å². The minimum atomic E-state index is -4.48. The maximum Gasteiger partial charge on any atom is 0.422 e. The third kappa shape index (κ3) is 7.72. The minimum absolute atomic E-state index is 0.0745. The van der Waals surface area contributed by atoms with E-state index in [4.69, 9.17) is 5.11 Å². The van der Waals surface area contributed by atoms with Gasteiger partial charge in [-0.1, -0.05) is 6.07 Å². The van der Waals surface area contributed by atoms with Crippen LogP contribution in [0, 0.1) is 0 Å². The van der Waals surface area contributed by atoms with Crippen LogP contribution < -0.4 is 10.1 Å². The van der Waals surface area contributed by atoms with E-state index in [1.165, 1.54) is 18.2 Å². The molecule has 1 aromatic heterocycles. The number of hydrogen-bond donors (Lipinski definition) is 2. The summed E-state index contributed by atoms with van der Waals surface area (Å²) in [5.74, 6) is -1.51. The average molecular weight is 338 g/mol. The molecule has 22 heavy (non-hydrogen) atoms. The van der Waals surface area contributed by atoms with Gasteiger partial charge in [0.25, 0.3) is 5.91 Å². The van der Waals surface area contributed by atoms with Crippen LogP contribution in [0.3, 0.4) is 0 Å². The van der Waals surface area contributed by atoms with Gasteiger partial charge >= 0.3 is 12.1 Å². The van der Waals surface area contributed by atoms with Gasteiger partial charge in [-0.3, -0.25) is 9.59 Å². The standard InChI is InChI=1S/C12H13F3N2O4S/c13-12(14,15)7-21-9-3-1-2-8(17-9)11(20)16-4-5-22-6-10(18)19/h1-3H,4-7H2,(H,16,20)(H,18,19). The lowest BCUT2D eigenvalue weighted by Crippen LogP contribution is -2.27. The normalized spacial score (nSPS) is 11.0. The second-order valence-corrected chi connectivity index (χ2v) is 5.07. The van der Waals surface area contributed by atoms with Crippen LogP contribution in [0.25, 0.3) is 0 Å². The van der Waals surface area contributed by atoms with Crippen molar-refractivity contribution in [3.63, 3.8) is 0 Å². The van der Waals surface area contributed by atoms with E-state index in [0.717, 1.165) is 11.8 Å². The number of alkyl halides is 3. The Labute approximate surface area is 128 Å². The molecule has 0 spiro atoms. The predicted molar refractivity (Wildman–Crippen MR) is 73.1 cm³/mol. The zero-order valence-corrected chi connectivity index (χ0v) is 12.0. The lowest BCUT2D eigenvalue weighted by atomic mass is 10.3. The molecule has 0 aliphatic carbocycles. The zero-order valence-electron chi connectivity index (χ0n) is 11.2. The van der Waals surface area contributed by atoms with Crippen molar-refractivity contribution in [1.82, 2.24) is 10.3 Å². The molecule has 1 rings (SSSR count). The first kappa shape index (κ1) is 18.1. The maximum atomic E-state index is 12.0. The molecular weight excluding hydrogens is 325 g/mol. The Hall–Kier alpha value is -1.97. The Morgan fingerprint density at radius 3 is 2.73 bits per heavy atom. The van der Waals surface area contributed by atoms with Gasteiger partial charge in [0.15, 0.2) is 6.61 Å². The van der Waals surface area contributed by atoms with E-state index >= 15 is 0 Å². The fourth-order valence-corrected chi connectivity index (χ4v) is 1.83. The number of aliphatic carboxylic acids is 1. The molecule has 0 saturated carbocycles. The average Bonchev–Trinajstić information content (AvgIpc) is 2.44. The van der Waals surface area contributed by atoms with Crippen molar-refractivity contribution in [3.8, 4) is 5.88 Å². The quantitative estimate of drug-likeness (QED) is 0.700. The van der Waals surface area contributed by atoms with Crippen LogP contribution in [-0.4, -0.2) is 52.8 Å². The summed E-state index contributed by atoms with van der Waals surface area (Å²) in [5, 5.41) is 10.9. The molecule has 1 aromatic rings. The molecule has 0 atom stereocenters. The van der Waals surface area contributed by atoms with Crippen LogP contribution in [0.4, 0.5) is 13.2 Å². The van der Waals surface area contributed by atoms with E-state index in [1.54, 1.807) is 0 Å². The van der Waals surface area contributed by atoms with Gasteiger partial charge in [-0.05, 0) is 6.07 Å². The fraction of sp³-hybridized carbons (Fsp3) is 0.417. The third-order valence-electron chi connectivity index (χ3n) is 2.10. The van der Waals surface area contributed by atoms with Gasteiger partial charge in [0.1, 0.15) is 5.69 Å². The highest BCUT2D eigenvalue weighted by molar-refractivity contribution is 7.99. The Morgan fingerprint density at radius 2 is 2.09 bits per heavy atom. The molecule has 0 radical (unpaired) electrons. The molecule has 2 N–H and O–H groups in total. The number of halogens is 3. The number of nitrogens with one attached hydrogen (secondary N) is 1. The fourth-order valence-electron chi connectivity index (χ4n) is 1.26. The molecule has 0 saturated heterocycles. The van der Waals surface area contributed by atoms with Crippen molar-refractivity contribution in [2.45, 2.75) is 6.18 Å². The highest BCUT2D eigenvalue weighted by Crippen LogP contribution is 2.17. The molecule has 0 unspecified atom stereocenters. The van der Waals surface area contributed by atoms with Crippen LogP contribution in [0.1, 0.15) is 10.5 Å². The van der Waals surface area contributed by atoms with Gasteiger partial charge in [0.05, 0.1) is 5.75 Å².